The van der Waals surface area contributed by atoms with Gasteiger partial charge in [0.05, 0.1) is 17.4 Å². The third kappa shape index (κ3) is 3.30. The molecule has 5 heteroatoms. The van der Waals surface area contributed by atoms with Gasteiger partial charge in [-0.3, -0.25) is 9.78 Å². The summed E-state index contributed by atoms with van der Waals surface area (Å²) in [5.41, 5.74) is 1.71. The van der Waals surface area contributed by atoms with E-state index in [-0.39, 0.29) is 11.7 Å². The fraction of sp³-hybridized carbons (Fsp3) is 0.200. The molecule has 0 fully saturated rings. The summed E-state index contributed by atoms with van der Waals surface area (Å²) >= 11 is 1.61. The van der Waals surface area contributed by atoms with E-state index in [1.807, 2.05) is 25.1 Å². The molecule has 2 aromatic rings. The number of rotatable bonds is 4. The van der Waals surface area contributed by atoms with Crippen molar-refractivity contribution in [3.63, 3.8) is 0 Å². The average Bonchev–Trinajstić information content (AvgIpc) is 2.44. The Labute approximate surface area is 122 Å². The molecular formula is C15H16N2O2S. The van der Waals surface area contributed by atoms with Crippen LogP contribution >= 0.6 is 11.8 Å². The smallest absolute Gasteiger partial charge is 0.256 e. The first kappa shape index (κ1) is 14.4. The lowest BCUT2D eigenvalue weighted by molar-refractivity contribution is 0.102. The second-order valence-electron chi connectivity index (χ2n) is 4.23. The highest BCUT2D eigenvalue weighted by Crippen LogP contribution is 2.26. The number of hydrogen-bond acceptors (Lipinski definition) is 4. The summed E-state index contributed by atoms with van der Waals surface area (Å²) in [5.74, 6) is 0.621. The van der Waals surface area contributed by atoms with Gasteiger partial charge in [-0.25, -0.2) is 0 Å². The third-order valence-electron chi connectivity index (χ3n) is 2.70. The van der Waals surface area contributed by atoms with E-state index in [0.717, 1.165) is 16.3 Å². The second-order valence-corrected chi connectivity index (χ2v) is 5.53. The van der Waals surface area contributed by atoms with Gasteiger partial charge >= 0.3 is 0 Å². The van der Waals surface area contributed by atoms with Crippen molar-refractivity contribution in [2.75, 3.05) is 11.1 Å². The molecule has 0 aliphatic heterocycles. The monoisotopic (exact) mass is 288 g/mol. The van der Waals surface area contributed by atoms with Crippen LogP contribution in [0.15, 0.2) is 41.4 Å². The topological polar surface area (TPSA) is 62.2 Å². The maximum Gasteiger partial charge on any atom is 0.256 e. The van der Waals surface area contributed by atoms with Gasteiger partial charge in [0.15, 0.2) is 5.75 Å². The van der Waals surface area contributed by atoms with Gasteiger partial charge in [0.2, 0.25) is 0 Å². The fourth-order valence-electron chi connectivity index (χ4n) is 1.78. The Morgan fingerprint density at radius 1 is 1.40 bits per heavy atom. The van der Waals surface area contributed by atoms with Gasteiger partial charge in [0, 0.05) is 10.6 Å². The highest BCUT2D eigenvalue weighted by Gasteiger charge is 2.13. The fourth-order valence-corrected chi connectivity index (χ4v) is 2.58. The summed E-state index contributed by atoms with van der Waals surface area (Å²) < 4.78 is 0. The van der Waals surface area contributed by atoms with Gasteiger partial charge in [-0.1, -0.05) is 19.1 Å². The molecule has 0 unspecified atom stereocenters. The number of carbonyl (C=O) groups excluding carboxylic acids is 1. The van der Waals surface area contributed by atoms with Crippen LogP contribution < -0.4 is 5.32 Å². The molecule has 0 atom stereocenters. The molecule has 1 aromatic heterocycles. The van der Waals surface area contributed by atoms with Gasteiger partial charge < -0.3 is 10.4 Å². The van der Waals surface area contributed by atoms with Crippen LogP contribution in [0.4, 0.5) is 5.69 Å². The lowest BCUT2D eigenvalue weighted by Crippen LogP contribution is -2.13. The highest BCUT2D eigenvalue weighted by molar-refractivity contribution is 7.99. The van der Waals surface area contributed by atoms with Gasteiger partial charge in [0.1, 0.15) is 0 Å². The molecule has 20 heavy (non-hydrogen) atoms. The van der Waals surface area contributed by atoms with Gasteiger partial charge in [-0.2, -0.15) is 0 Å². The van der Waals surface area contributed by atoms with E-state index < -0.39 is 0 Å². The number of amides is 1. The number of hydrogen-bond donors (Lipinski definition) is 2. The van der Waals surface area contributed by atoms with Gasteiger partial charge in [-0.15, -0.1) is 11.8 Å². The highest BCUT2D eigenvalue weighted by atomic mass is 32.2. The second kappa shape index (κ2) is 6.43. The van der Waals surface area contributed by atoms with Crippen LogP contribution in [0, 0.1) is 6.92 Å². The summed E-state index contributed by atoms with van der Waals surface area (Å²) in [6, 6.07) is 9.07. The first-order valence-corrected chi connectivity index (χ1v) is 7.29. The molecule has 2 N–H and O–H groups in total. The van der Waals surface area contributed by atoms with Crippen molar-refractivity contribution in [1.82, 2.24) is 4.98 Å². The van der Waals surface area contributed by atoms with Crippen molar-refractivity contribution in [2.45, 2.75) is 18.7 Å². The molecule has 0 saturated carbocycles. The van der Waals surface area contributed by atoms with E-state index >= 15 is 0 Å². The van der Waals surface area contributed by atoms with E-state index in [0.29, 0.717) is 11.3 Å². The number of benzene rings is 1. The Morgan fingerprint density at radius 2 is 2.15 bits per heavy atom. The van der Waals surface area contributed by atoms with E-state index in [1.54, 1.807) is 30.8 Å². The van der Waals surface area contributed by atoms with Crippen LogP contribution in [-0.4, -0.2) is 21.8 Å². The van der Waals surface area contributed by atoms with Crippen LogP contribution in [0.5, 0.6) is 5.75 Å². The van der Waals surface area contributed by atoms with Crippen molar-refractivity contribution in [2.24, 2.45) is 0 Å². The van der Waals surface area contributed by atoms with Crippen LogP contribution in [0.1, 0.15) is 23.0 Å². The first-order chi connectivity index (χ1) is 9.61. The van der Waals surface area contributed by atoms with Crippen LogP contribution in [-0.2, 0) is 0 Å². The standard InChI is InChI=1S/C15H16N2O2S/c1-3-20-14-7-5-4-6-11(14)15(19)17-12-8-10(2)16-9-13(12)18/h4-9,18H,3H2,1-2H3,(H,16,17,19). The number of aromatic nitrogens is 1. The summed E-state index contributed by atoms with van der Waals surface area (Å²) in [5, 5.41) is 12.4. The van der Waals surface area contributed by atoms with Gasteiger partial charge in [-0.05, 0) is 30.9 Å². The molecule has 0 aliphatic carbocycles. The van der Waals surface area contributed by atoms with Gasteiger partial charge in [0.25, 0.3) is 5.91 Å². The Morgan fingerprint density at radius 3 is 2.90 bits per heavy atom. The zero-order valence-corrected chi connectivity index (χ0v) is 12.2. The Bertz CT molecular complexity index is 629. The Kier molecular flexibility index (Phi) is 4.63. The molecule has 1 amide bonds. The maximum absolute atomic E-state index is 12.3. The van der Waals surface area contributed by atoms with Crippen molar-refractivity contribution >= 4 is 23.4 Å². The minimum atomic E-state index is -0.234. The quantitative estimate of drug-likeness (QED) is 0.846. The number of aromatic hydroxyl groups is 1. The SMILES string of the molecule is CCSc1ccccc1C(=O)Nc1cc(C)ncc1O. The first-order valence-electron chi connectivity index (χ1n) is 6.30. The number of nitrogens with zero attached hydrogens (tertiary/aromatic N) is 1. The third-order valence-corrected chi connectivity index (χ3v) is 3.66. The van der Waals surface area contributed by atoms with E-state index in [2.05, 4.69) is 10.3 Å². The minimum Gasteiger partial charge on any atom is -0.504 e. The molecule has 0 spiro atoms. The summed E-state index contributed by atoms with van der Waals surface area (Å²) in [4.78, 5) is 17.2. The molecule has 4 nitrogen and oxygen atoms in total. The molecule has 0 bridgehead atoms. The maximum atomic E-state index is 12.3. The number of thioether (sulfide) groups is 1. The van der Waals surface area contributed by atoms with E-state index in [1.165, 1.54) is 6.20 Å². The minimum absolute atomic E-state index is 0.0374. The summed E-state index contributed by atoms with van der Waals surface area (Å²) in [6.45, 7) is 3.84. The van der Waals surface area contributed by atoms with Crippen LogP contribution in [0.3, 0.4) is 0 Å². The molecule has 0 radical (unpaired) electrons. The molecule has 0 aliphatic rings. The molecular weight excluding hydrogens is 272 g/mol. The predicted octanol–water partition coefficient (Wildman–Crippen LogP) is 3.46. The molecule has 0 saturated heterocycles. The van der Waals surface area contributed by atoms with Crippen molar-refractivity contribution in [3.8, 4) is 5.75 Å². The van der Waals surface area contributed by atoms with Crippen LogP contribution in [0.2, 0.25) is 0 Å². The van der Waals surface area contributed by atoms with Crippen molar-refractivity contribution in [3.05, 3.63) is 47.8 Å². The Balaban J connectivity index is 2.26. The predicted molar refractivity (Wildman–Crippen MR) is 81.4 cm³/mol. The zero-order valence-electron chi connectivity index (χ0n) is 11.4. The Hall–Kier alpha value is -2.01. The zero-order chi connectivity index (χ0) is 14.5. The number of aryl methyl sites for hydroxylation is 1. The lowest BCUT2D eigenvalue weighted by atomic mass is 10.2. The van der Waals surface area contributed by atoms with E-state index in [9.17, 15) is 9.90 Å². The number of carbonyl (C=O) groups is 1. The van der Waals surface area contributed by atoms with Crippen molar-refractivity contribution < 1.29 is 9.90 Å². The average molecular weight is 288 g/mol. The van der Waals surface area contributed by atoms with Crippen molar-refractivity contribution in [1.29, 1.82) is 0 Å². The number of anilines is 1. The number of nitrogens with one attached hydrogen (secondary N) is 1. The largest absolute Gasteiger partial charge is 0.504 e. The normalized spacial score (nSPS) is 10.3. The molecule has 1 aromatic carbocycles. The van der Waals surface area contributed by atoms with Crippen LogP contribution in [0.25, 0.3) is 0 Å². The molecule has 1 heterocycles. The molecule has 2 rings (SSSR count). The lowest BCUT2D eigenvalue weighted by Gasteiger charge is -2.10. The summed E-state index contributed by atoms with van der Waals surface area (Å²) in [7, 11) is 0. The number of pyridine rings is 1. The van der Waals surface area contributed by atoms with E-state index in [4.69, 9.17) is 0 Å². The molecule has 104 valence electrons. The summed E-state index contributed by atoms with van der Waals surface area (Å²) in [6.07, 6.45) is 1.33.